The summed E-state index contributed by atoms with van der Waals surface area (Å²) in [6.45, 7) is 12.3. The van der Waals surface area contributed by atoms with Crippen molar-refractivity contribution >= 4 is 41.7 Å². The topological polar surface area (TPSA) is 89.2 Å². The fraction of sp³-hybridized carbons (Fsp3) is 0.636. The van der Waals surface area contributed by atoms with Gasteiger partial charge in [-0.15, -0.1) is 24.0 Å². The van der Waals surface area contributed by atoms with Gasteiger partial charge in [0, 0.05) is 25.8 Å². The number of amides is 1. The van der Waals surface area contributed by atoms with E-state index in [2.05, 4.69) is 16.4 Å². The van der Waals surface area contributed by atoms with Gasteiger partial charge >= 0.3 is 6.09 Å². The van der Waals surface area contributed by atoms with Crippen molar-refractivity contribution in [2.75, 3.05) is 24.7 Å². The van der Waals surface area contributed by atoms with Crippen LogP contribution in [0.3, 0.4) is 0 Å². The van der Waals surface area contributed by atoms with Crippen LogP contribution in [0.4, 0.5) is 10.5 Å². The van der Waals surface area contributed by atoms with Crippen molar-refractivity contribution in [2.45, 2.75) is 72.1 Å². The van der Waals surface area contributed by atoms with Crippen LogP contribution in [0.2, 0.25) is 0 Å². The number of ether oxygens (including phenoxy) is 2. The zero-order chi connectivity index (χ0) is 21.4. The van der Waals surface area contributed by atoms with Gasteiger partial charge in [-0.3, -0.25) is 4.90 Å². The van der Waals surface area contributed by atoms with Crippen molar-refractivity contribution < 1.29 is 14.3 Å². The second-order valence-electron chi connectivity index (χ2n) is 8.38. The number of nitrogens with zero attached hydrogens (tertiary/aromatic N) is 2. The monoisotopic (exact) mass is 532 g/mol. The third-order valence-corrected chi connectivity index (χ3v) is 4.43. The van der Waals surface area contributed by atoms with E-state index in [1.54, 1.807) is 4.90 Å². The summed E-state index contributed by atoms with van der Waals surface area (Å²) in [5, 5.41) is 3.09. The van der Waals surface area contributed by atoms with E-state index >= 15 is 0 Å². The summed E-state index contributed by atoms with van der Waals surface area (Å²) >= 11 is 0. The van der Waals surface area contributed by atoms with Crippen LogP contribution >= 0.6 is 24.0 Å². The van der Waals surface area contributed by atoms with Crippen LogP contribution in [-0.4, -0.2) is 43.5 Å². The number of hydrogen-bond acceptors (Lipinski definition) is 4. The Bertz CT molecular complexity index is 715. The van der Waals surface area contributed by atoms with Crippen LogP contribution in [-0.2, 0) is 16.0 Å². The average Bonchev–Trinajstić information content (AvgIpc) is 3.45. The lowest BCUT2D eigenvalue weighted by atomic mass is 10.1. The molecular formula is C22H37IN4O3. The molecule has 0 aromatic heterocycles. The highest BCUT2D eigenvalue weighted by molar-refractivity contribution is 14.0. The molecule has 1 aliphatic carbocycles. The van der Waals surface area contributed by atoms with Crippen LogP contribution in [0.25, 0.3) is 0 Å². The third kappa shape index (κ3) is 9.07. The number of guanidine groups is 1. The number of rotatable bonds is 9. The van der Waals surface area contributed by atoms with E-state index in [-0.39, 0.29) is 36.1 Å². The van der Waals surface area contributed by atoms with Crippen LogP contribution < -0.4 is 16.0 Å². The molecule has 7 nitrogen and oxygen atoms in total. The van der Waals surface area contributed by atoms with Crippen molar-refractivity contribution in [2.24, 2.45) is 10.7 Å². The van der Waals surface area contributed by atoms with E-state index in [4.69, 9.17) is 15.2 Å². The Morgan fingerprint density at radius 3 is 2.60 bits per heavy atom. The highest BCUT2D eigenvalue weighted by atomic mass is 127. The van der Waals surface area contributed by atoms with Gasteiger partial charge < -0.3 is 20.5 Å². The number of hydrogen-bond donors (Lipinski definition) is 2. The number of halogens is 1. The minimum atomic E-state index is -0.514. The van der Waals surface area contributed by atoms with E-state index in [1.807, 2.05) is 46.8 Å². The van der Waals surface area contributed by atoms with Crippen LogP contribution in [0.1, 0.15) is 58.1 Å². The highest BCUT2D eigenvalue weighted by Crippen LogP contribution is 2.35. The minimum Gasteiger partial charge on any atom is -0.443 e. The Morgan fingerprint density at radius 1 is 1.33 bits per heavy atom. The number of nitrogens with two attached hydrogens (primary N) is 1. The van der Waals surface area contributed by atoms with Gasteiger partial charge in [0.2, 0.25) is 0 Å². The van der Waals surface area contributed by atoms with E-state index in [9.17, 15) is 4.79 Å². The van der Waals surface area contributed by atoms with Gasteiger partial charge in [0.1, 0.15) is 5.60 Å². The quantitative estimate of drug-likeness (QED) is 0.214. The maximum Gasteiger partial charge on any atom is 0.415 e. The van der Waals surface area contributed by atoms with E-state index in [1.165, 1.54) is 0 Å². The lowest BCUT2D eigenvalue weighted by Gasteiger charge is -2.28. The first-order chi connectivity index (χ1) is 13.7. The van der Waals surface area contributed by atoms with Crippen molar-refractivity contribution in [3.05, 3.63) is 29.3 Å². The molecule has 0 saturated heterocycles. The molecule has 0 unspecified atom stereocenters. The van der Waals surface area contributed by atoms with Crippen molar-refractivity contribution in [3.8, 4) is 0 Å². The molecule has 8 heteroatoms. The SMILES string of the molecule is CCOCCCNC(N)=NCc1ccc(N(C(=O)OC(C)(C)C)C2CC2)c(C)c1.I. The largest absolute Gasteiger partial charge is 0.443 e. The zero-order valence-corrected chi connectivity index (χ0v) is 21.2. The van der Waals surface area contributed by atoms with Gasteiger partial charge in [-0.2, -0.15) is 0 Å². The minimum absolute atomic E-state index is 0. The molecule has 170 valence electrons. The molecule has 1 amide bonds. The second kappa shape index (κ2) is 12.3. The molecule has 0 atom stereocenters. The highest BCUT2D eigenvalue weighted by Gasteiger charge is 2.37. The Hall–Kier alpha value is -1.55. The van der Waals surface area contributed by atoms with Gasteiger partial charge in [0.25, 0.3) is 0 Å². The summed E-state index contributed by atoms with van der Waals surface area (Å²) in [6, 6.07) is 6.26. The van der Waals surface area contributed by atoms with Crippen molar-refractivity contribution in [3.63, 3.8) is 0 Å². The molecule has 0 aliphatic heterocycles. The molecule has 2 rings (SSSR count). The molecule has 0 heterocycles. The number of nitrogens with one attached hydrogen (secondary N) is 1. The normalized spacial score (nSPS) is 14.1. The van der Waals surface area contributed by atoms with Gasteiger partial charge in [-0.05, 0) is 71.1 Å². The summed E-state index contributed by atoms with van der Waals surface area (Å²) in [5.41, 5.74) is 8.39. The molecule has 1 saturated carbocycles. The Morgan fingerprint density at radius 2 is 2.03 bits per heavy atom. The summed E-state index contributed by atoms with van der Waals surface area (Å²) in [4.78, 5) is 18.9. The molecule has 0 bridgehead atoms. The molecule has 1 aromatic carbocycles. The smallest absolute Gasteiger partial charge is 0.415 e. The zero-order valence-electron chi connectivity index (χ0n) is 18.9. The van der Waals surface area contributed by atoms with Crippen LogP contribution in [0.15, 0.2) is 23.2 Å². The molecule has 30 heavy (non-hydrogen) atoms. The number of aryl methyl sites for hydroxylation is 1. The standard InChI is InChI=1S/C22H36N4O3.HI/c1-6-28-13-7-12-24-20(23)25-15-17-8-11-19(16(2)14-17)26(18-9-10-18)21(27)29-22(3,4)5;/h8,11,14,18H,6-7,9-10,12-13,15H2,1-5H3,(H3,23,24,25);1H. The Kier molecular flexibility index (Phi) is 10.9. The molecular weight excluding hydrogens is 495 g/mol. The third-order valence-electron chi connectivity index (χ3n) is 4.43. The number of aliphatic imine (C=N–C) groups is 1. The number of benzene rings is 1. The fourth-order valence-corrected chi connectivity index (χ4v) is 2.94. The van der Waals surface area contributed by atoms with Gasteiger partial charge in [-0.1, -0.05) is 12.1 Å². The van der Waals surface area contributed by atoms with Gasteiger partial charge in [-0.25, -0.2) is 9.79 Å². The Balaban J connectivity index is 0.00000450. The summed E-state index contributed by atoms with van der Waals surface area (Å²) in [5.74, 6) is 0.427. The van der Waals surface area contributed by atoms with Crippen LogP contribution in [0, 0.1) is 6.92 Å². The van der Waals surface area contributed by atoms with Gasteiger partial charge in [0.05, 0.1) is 12.2 Å². The number of anilines is 1. The second-order valence-corrected chi connectivity index (χ2v) is 8.38. The lowest BCUT2D eigenvalue weighted by Crippen LogP contribution is -2.38. The van der Waals surface area contributed by atoms with E-state index in [0.29, 0.717) is 19.1 Å². The predicted octanol–water partition coefficient (Wildman–Crippen LogP) is 4.35. The molecule has 0 spiro atoms. The van der Waals surface area contributed by atoms with Gasteiger partial charge in [0.15, 0.2) is 5.96 Å². The number of carbonyl (C=O) groups excluding carboxylic acids is 1. The molecule has 1 aromatic rings. The summed E-state index contributed by atoms with van der Waals surface area (Å²) in [6.07, 6.45) is 2.63. The van der Waals surface area contributed by atoms with Crippen molar-refractivity contribution in [1.82, 2.24) is 5.32 Å². The maximum absolute atomic E-state index is 12.7. The summed E-state index contributed by atoms with van der Waals surface area (Å²) < 4.78 is 10.9. The lowest BCUT2D eigenvalue weighted by molar-refractivity contribution is 0.0577. The van der Waals surface area contributed by atoms with E-state index in [0.717, 1.165) is 49.2 Å². The number of carbonyl (C=O) groups is 1. The molecule has 1 aliphatic rings. The first-order valence-corrected chi connectivity index (χ1v) is 10.4. The maximum atomic E-state index is 12.7. The van der Waals surface area contributed by atoms with Crippen LogP contribution in [0.5, 0.6) is 0 Å². The molecule has 3 N–H and O–H groups in total. The molecule has 1 fully saturated rings. The first kappa shape index (κ1) is 26.5. The predicted molar refractivity (Wildman–Crippen MR) is 133 cm³/mol. The average molecular weight is 532 g/mol. The van der Waals surface area contributed by atoms with E-state index < -0.39 is 5.60 Å². The molecule has 0 radical (unpaired) electrons. The first-order valence-electron chi connectivity index (χ1n) is 10.4. The summed E-state index contributed by atoms with van der Waals surface area (Å²) in [7, 11) is 0. The van der Waals surface area contributed by atoms with Crippen molar-refractivity contribution in [1.29, 1.82) is 0 Å². The Labute approximate surface area is 197 Å². The fourth-order valence-electron chi connectivity index (χ4n) is 2.94.